The van der Waals surface area contributed by atoms with Crippen LogP contribution in [0.15, 0.2) is 0 Å². The molecule has 5 nitrogen and oxygen atoms in total. The first-order valence-corrected chi connectivity index (χ1v) is 7.19. The lowest BCUT2D eigenvalue weighted by molar-refractivity contribution is -0.122. The minimum atomic E-state index is -3.43. The molecule has 0 spiro atoms. The van der Waals surface area contributed by atoms with Crippen molar-refractivity contribution in [3.05, 3.63) is 0 Å². The van der Waals surface area contributed by atoms with Crippen molar-refractivity contribution in [3.63, 3.8) is 0 Å². The Labute approximate surface area is 96.8 Å². The van der Waals surface area contributed by atoms with Gasteiger partial charge in [0.15, 0.2) is 0 Å². The number of rotatable bonds is 4. The highest BCUT2D eigenvalue weighted by molar-refractivity contribution is 7.90. The Morgan fingerprint density at radius 2 is 1.88 bits per heavy atom. The molecular weight excluding hydrogens is 228 g/mol. The molecule has 16 heavy (non-hydrogen) atoms. The summed E-state index contributed by atoms with van der Waals surface area (Å²) in [6, 6.07) is -0.152. The van der Waals surface area contributed by atoms with Crippen LogP contribution in [0, 0.1) is 5.92 Å². The molecule has 0 unspecified atom stereocenters. The molecule has 0 aromatic rings. The largest absolute Gasteiger partial charge is 0.369 e. The molecule has 0 saturated heterocycles. The monoisotopic (exact) mass is 248 g/mol. The summed E-state index contributed by atoms with van der Waals surface area (Å²) in [5.74, 6) is -1.04. The van der Waals surface area contributed by atoms with Gasteiger partial charge < -0.3 is 5.73 Å². The fraction of sp³-hybridized carbons (Fsp3) is 0.900. The second-order valence-corrected chi connectivity index (χ2v) is 6.58. The van der Waals surface area contributed by atoms with Gasteiger partial charge in [-0.15, -0.1) is 0 Å². The maximum atomic E-state index is 12.0. The Kier molecular flexibility index (Phi) is 4.32. The van der Waals surface area contributed by atoms with E-state index >= 15 is 0 Å². The zero-order chi connectivity index (χ0) is 12.3. The average molecular weight is 248 g/mol. The second-order valence-electron chi connectivity index (χ2n) is 4.65. The number of sulfonamides is 1. The number of amides is 1. The molecule has 6 heteroatoms. The number of carbonyl (C=O) groups excluding carboxylic acids is 1. The van der Waals surface area contributed by atoms with Gasteiger partial charge in [0, 0.05) is 6.04 Å². The first kappa shape index (κ1) is 13.4. The Hall–Kier alpha value is -0.620. The molecule has 1 fully saturated rings. The van der Waals surface area contributed by atoms with E-state index in [9.17, 15) is 13.2 Å². The Morgan fingerprint density at radius 3 is 2.38 bits per heavy atom. The highest BCUT2D eigenvalue weighted by atomic mass is 32.2. The van der Waals surface area contributed by atoms with E-state index in [1.54, 1.807) is 13.8 Å². The summed E-state index contributed by atoms with van der Waals surface area (Å²) >= 11 is 0. The second kappa shape index (κ2) is 5.14. The highest BCUT2D eigenvalue weighted by Crippen LogP contribution is 2.29. The van der Waals surface area contributed by atoms with Crippen LogP contribution in [-0.2, 0) is 14.8 Å². The summed E-state index contributed by atoms with van der Waals surface area (Å²) in [5.41, 5.74) is 5.25. The van der Waals surface area contributed by atoms with Crippen molar-refractivity contribution in [1.82, 2.24) is 4.72 Å². The minimum Gasteiger partial charge on any atom is -0.369 e. The molecule has 0 heterocycles. The molecule has 0 aliphatic heterocycles. The van der Waals surface area contributed by atoms with E-state index in [0.717, 1.165) is 12.8 Å². The summed E-state index contributed by atoms with van der Waals surface area (Å²) in [6.45, 7) is 3.53. The molecule has 0 aromatic heterocycles. The summed E-state index contributed by atoms with van der Waals surface area (Å²) in [5, 5.41) is -0.652. The zero-order valence-corrected chi connectivity index (χ0v) is 10.6. The van der Waals surface area contributed by atoms with Crippen molar-refractivity contribution in [3.8, 4) is 0 Å². The van der Waals surface area contributed by atoms with Crippen molar-refractivity contribution < 1.29 is 13.2 Å². The van der Waals surface area contributed by atoms with E-state index < -0.39 is 27.1 Å². The van der Waals surface area contributed by atoms with E-state index in [1.165, 1.54) is 0 Å². The van der Waals surface area contributed by atoms with Gasteiger partial charge in [-0.05, 0) is 26.7 Å². The molecular formula is C10H20N2O3S. The first-order chi connectivity index (χ1) is 7.34. The zero-order valence-electron chi connectivity index (χ0n) is 9.77. The van der Waals surface area contributed by atoms with Crippen molar-refractivity contribution in [2.45, 2.75) is 50.8 Å². The summed E-state index contributed by atoms with van der Waals surface area (Å²) < 4.78 is 26.5. The Balaban J connectivity index is 2.86. The molecule has 0 bridgehead atoms. The van der Waals surface area contributed by atoms with Gasteiger partial charge in [0.1, 0.15) is 0 Å². The first-order valence-electron chi connectivity index (χ1n) is 5.65. The fourth-order valence-corrected chi connectivity index (χ4v) is 4.22. The SMILES string of the molecule is CC(C)NS(=O)(=O)[C@@H]1CCCC[C@@H]1C(N)=O. The van der Waals surface area contributed by atoms with Crippen LogP contribution in [0.5, 0.6) is 0 Å². The molecule has 1 aliphatic rings. The summed E-state index contributed by atoms with van der Waals surface area (Å²) in [4.78, 5) is 11.2. The van der Waals surface area contributed by atoms with Crippen LogP contribution in [0.3, 0.4) is 0 Å². The van der Waals surface area contributed by atoms with Gasteiger partial charge in [0.2, 0.25) is 15.9 Å². The van der Waals surface area contributed by atoms with Crippen LogP contribution in [-0.4, -0.2) is 25.6 Å². The van der Waals surface area contributed by atoms with Crippen LogP contribution in [0.2, 0.25) is 0 Å². The van der Waals surface area contributed by atoms with Crippen molar-refractivity contribution in [1.29, 1.82) is 0 Å². The fourth-order valence-electron chi connectivity index (χ4n) is 2.21. The van der Waals surface area contributed by atoms with Gasteiger partial charge in [-0.1, -0.05) is 12.8 Å². The molecule has 2 atom stereocenters. The van der Waals surface area contributed by atoms with Crippen molar-refractivity contribution >= 4 is 15.9 Å². The lowest BCUT2D eigenvalue weighted by atomic mass is 9.88. The van der Waals surface area contributed by atoms with E-state index in [0.29, 0.717) is 12.8 Å². The van der Waals surface area contributed by atoms with Crippen LogP contribution in [0.4, 0.5) is 0 Å². The third-order valence-corrected chi connectivity index (χ3v) is 5.03. The predicted molar refractivity (Wildman–Crippen MR) is 62.1 cm³/mol. The van der Waals surface area contributed by atoms with Gasteiger partial charge in [-0.25, -0.2) is 13.1 Å². The van der Waals surface area contributed by atoms with Crippen LogP contribution in [0.25, 0.3) is 0 Å². The molecule has 0 radical (unpaired) electrons. The van der Waals surface area contributed by atoms with E-state index in [4.69, 9.17) is 5.73 Å². The number of hydrogen-bond acceptors (Lipinski definition) is 3. The van der Waals surface area contributed by atoms with Crippen molar-refractivity contribution in [2.24, 2.45) is 11.7 Å². The molecule has 1 saturated carbocycles. The van der Waals surface area contributed by atoms with E-state index in [-0.39, 0.29) is 6.04 Å². The molecule has 3 N–H and O–H groups in total. The lowest BCUT2D eigenvalue weighted by Crippen LogP contribution is -2.47. The number of nitrogens with two attached hydrogens (primary N) is 1. The van der Waals surface area contributed by atoms with E-state index in [2.05, 4.69) is 4.72 Å². The molecule has 0 aromatic carbocycles. The molecule has 1 amide bonds. The number of nitrogens with one attached hydrogen (secondary N) is 1. The van der Waals surface area contributed by atoms with Gasteiger partial charge in [0.05, 0.1) is 11.2 Å². The quantitative estimate of drug-likeness (QED) is 0.752. The minimum absolute atomic E-state index is 0.152. The number of hydrogen-bond donors (Lipinski definition) is 2. The highest BCUT2D eigenvalue weighted by Gasteiger charge is 2.38. The normalized spacial score (nSPS) is 26.9. The van der Waals surface area contributed by atoms with Crippen molar-refractivity contribution in [2.75, 3.05) is 0 Å². The average Bonchev–Trinajstić information content (AvgIpc) is 2.15. The standard InChI is InChI=1S/C10H20N2O3S/c1-7(2)12-16(14,15)9-6-4-3-5-8(9)10(11)13/h7-9,12H,3-6H2,1-2H3,(H2,11,13)/t8-,9+/m0/s1. The lowest BCUT2D eigenvalue weighted by Gasteiger charge is -2.29. The van der Waals surface area contributed by atoms with Crippen LogP contribution >= 0.6 is 0 Å². The van der Waals surface area contributed by atoms with Gasteiger partial charge in [0.25, 0.3) is 0 Å². The van der Waals surface area contributed by atoms with Gasteiger partial charge in [-0.2, -0.15) is 0 Å². The predicted octanol–water partition coefficient (Wildman–Crippen LogP) is 0.358. The summed E-state index contributed by atoms with van der Waals surface area (Å²) in [7, 11) is -3.43. The molecule has 94 valence electrons. The third-order valence-electron chi connectivity index (χ3n) is 2.87. The molecule has 1 rings (SSSR count). The van der Waals surface area contributed by atoms with Gasteiger partial charge in [-0.3, -0.25) is 4.79 Å². The maximum absolute atomic E-state index is 12.0. The number of primary amides is 1. The van der Waals surface area contributed by atoms with Crippen LogP contribution in [0.1, 0.15) is 39.5 Å². The van der Waals surface area contributed by atoms with E-state index in [1.807, 2.05) is 0 Å². The Bertz CT molecular complexity index is 351. The van der Waals surface area contributed by atoms with Gasteiger partial charge >= 0.3 is 0 Å². The Morgan fingerprint density at radius 1 is 1.31 bits per heavy atom. The van der Waals surface area contributed by atoms with Crippen LogP contribution < -0.4 is 10.5 Å². The topological polar surface area (TPSA) is 89.3 Å². The maximum Gasteiger partial charge on any atom is 0.221 e. The third kappa shape index (κ3) is 3.18. The molecule has 1 aliphatic carbocycles. The summed E-state index contributed by atoms with van der Waals surface area (Å²) in [6.07, 6.45) is 2.82. The smallest absolute Gasteiger partial charge is 0.221 e. The number of carbonyl (C=O) groups is 1.